The molecule has 8 heteroatoms. The van der Waals surface area contributed by atoms with Crippen LogP contribution in [0.4, 0.5) is 0 Å². The van der Waals surface area contributed by atoms with Crippen molar-refractivity contribution in [3.63, 3.8) is 0 Å². The normalized spacial score (nSPS) is 9.92. The number of nitrogens with one attached hydrogen (secondary N) is 2. The molecule has 0 fully saturated rings. The van der Waals surface area contributed by atoms with Gasteiger partial charge in [0.15, 0.2) is 13.2 Å². The van der Waals surface area contributed by atoms with Crippen molar-refractivity contribution in [2.45, 2.75) is 0 Å². The summed E-state index contributed by atoms with van der Waals surface area (Å²) >= 11 is 11.8. The number of carbonyl (C=O) groups is 2. The zero-order chi connectivity index (χ0) is 17.4. The average Bonchev–Trinajstić information content (AvgIpc) is 2.58. The monoisotopic (exact) mass is 368 g/mol. The number of amides is 2. The van der Waals surface area contributed by atoms with Gasteiger partial charge in [-0.2, -0.15) is 0 Å². The van der Waals surface area contributed by atoms with Crippen molar-refractivity contribution in [1.82, 2.24) is 10.9 Å². The number of benzene rings is 2. The maximum Gasteiger partial charge on any atom is 0.276 e. The van der Waals surface area contributed by atoms with Crippen LogP contribution >= 0.6 is 23.2 Å². The van der Waals surface area contributed by atoms with Crippen molar-refractivity contribution >= 4 is 35.0 Å². The largest absolute Gasteiger partial charge is 0.482 e. The fourth-order valence-electron chi connectivity index (χ4n) is 1.62. The SMILES string of the molecule is O=C(COc1ccccc1Cl)NNC(=O)COc1ccccc1Cl. The molecule has 0 saturated carbocycles. The molecular weight excluding hydrogens is 355 g/mol. The molecule has 2 aromatic carbocycles. The second-order valence-electron chi connectivity index (χ2n) is 4.53. The Morgan fingerprint density at radius 2 is 1.12 bits per heavy atom. The second kappa shape index (κ2) is 9.00. The third kappa shape index (κ3) is 5.64. The third-order valence-corrected chi connectivity index (χ3v) is 3.36. The predicted molar refractivity (Wildman–Crippen MR) is 90.2 cm³/mol. The average molecular weight is 369 g/mol. The van der Waals surface area contributed by atoms with Gasteiger partial charge in [-0.25, -0.2) is 0 Å². The highest BCUT2D eigenvalue weighted by Gasteiger charge is 2.08. The summed E-state index contributed by atoms with van der Waals surface area (Å²) in [7, 11) is 0. The Morgan fingerprint density at radius 1 is 0.750 bits per heavy atom. The fourth-order valence-corrected chi connectivity index (χ4v) is 2.00. The zero-order valence-electron chi connectivity index (χ0n) is 12.4. The van der Waals surface area contributed by atoms with E-state index in [4.69, 9.17) is 32.7 Å². The quantitative estimate of drug-likeness (QED) is 0.768. The molecule has 0 heterocycles. The van der Waals surface area contributed by atoms with E-state index in [9.17, 15) is 9.59 Å². The highest BCUT2D eigenvalue weighted by Crippen LogP contribution is 2.23. The number of halogens is 2. The number of hydrogen-bond acceptors (Lipinski definition) is 4. The van der Waals surface area contributed by atoms with Gasteiger partial charge in [-0.3, -0.25) is 20.4 Å². The summed E-state index contributed by atoms with van der Waals surface area (Å²) in [6.45, 7) is -0.592. The molecule has 0 unspecified atom stereocenters. The van der Waals surface area contributed by atoms with Crippen LogP contribution in [0.15, 0.2) is 48.5 Å². The number of para-hydroxylation sites is 2. The first-order valence-electron chi connectivity index (χ1n) is 6.88. The molecule has 0 radical (unpaired) electrons. The lowest BCUT2D eigenvalue weighted by molar-refractivity contribution is -0.131. The molecule has 0 atom stereocenters. The fraction of sp³-hybridized carbons (Fsp3) is 0.125. The Bertz CT molecular complexity index is 663. The summed E-state index contributed by atoms with van der Waals surface area (Å²) in [6, 6.07) is 13.5. The van der Waals surface area contributed by atoms with Crippen LogP contribution in [-0.2, 0) is 9.59 Å². The highest BCUT2D eigenvalue weighted by molar-refractivity contribution is 6.32. The van der Waals surface area contributed by atoms with Gasteiger partial charge >= 0.3 is 0 Å². The van der Waals surface area contributed by atoms with E-state index in [2.05, 4.69) is 10.9 Å². The molecule has 6 nitrogen and oxygen atoms in total. The molecule has 2 rings (SSSR count). The van der Waals surface area contributed by atoms with Crippen LogP contribution in [0.1, 0.15) is 0 Å². The van der Waals surface area contributed by atoms with E-state index in [-0.39, 0.29) is 13.2 Å². The zero-order valence-corrected chi connectivity index (χ0v) is 13.9. The Morgan fingerprint density at radius 3 is 1.50 bits per heavy atom. The Hall–Kier alpha value is -2.44. The van der Waals surface area contributed by atoms with Gasteiger partial charge < -0.3 is 9.47 Å². The first-order chi connectivity index (χ1) is 11.6. The maximum atomic E-state index is 11.6. The lowest BCUT2D eigenvalue weighted by Gasteiger charge is -2.10. The standard InChI is InChI=1S/C16H14Cl2N2O4/c17-11-5-1-3-7-13(11)23-9-15(21)19-20-16(22)10-24-14-8-4-2-6-12(14)18/h1-8H,9-10H2,(H,19,21)(H,20,22). The van der Waals surface area contributed by atoms with Gasteiger partial charge in [0, 0.05) is 0 Å². The van der Waals surface area contributed by atoms with E-state index in [0.29, 0.717) is 21.5 Å². The minimum Gasteiger partial charge on any atom is -0.482 e. The van der Waals surface area contributed by atoms with E-state index in [1.807, 2.05) is 0 Å². The van der Waals surface area contributed by atoms with Gasteiger partial charge in [0.2, 0.25) is 0 Å². The number of hydrazine groups is 1. The number of ether oxygens (including phenoxy) is 2. The summed E-state index contributed by atoms with van der Waals surface area (Å²) < 4.78 is 10.5. The molecule has 2 N–H and O–H groups in total. The van der Waals surface area contributed by atoms with Crippen molar-refractivity contribution in [3.05, 3.63) is 58.6 Å². The number of hydrogen-bond donors (Lipinski definition) is 2. The van der Waals surface area contributed by atoms with E-state index in [1.54, 1.807) is 48.5 Å². The summed E-state index contributed by atoms with van der Waals surface area (Å²) in [5.41, 5.74) is 4.41. The van der Waals surface area contributed by atoms with E-state index >= 15 is 0 Å². The van der Waals surface area contributed by atoms with Gasteiger partial charge in [0.25, 0.3) is 11.8 Å². The molecule has 126 valence electrons. The summed E-state index contributed by atoms with van der Waals surface area (Å²) in [6.07, 6.45) is 0. The van der Waals surface area contributed by atoms with Gasteiger partial charge in [-0.15, -0.1) is 0 Å². The van der Waals surface area contributed by atoms with Crippen LogP contribution < -0.4 is 20.3 Å². The van der Waals surface area contributed by atoms with Crippen molar-refractivity contribution in [2.75, 3.05) is 13.2 Å². The molecule has 2 aromatic rings. The van der Waals surface area contributed by atoms with Gasteiger partial charge in [-0.1, -0.05) is 47.5 Å². The van der Waals surface area contributed by atoms with Crippen LogP contribution in [0.3, 0.4) is 0 Å². The first kappa shape index (κ1) is 17.9. The van der Waals surface area contributed by atoms with Crippen molar-refractivity contribution < 1.29 is 19.1 Å². The number of carbonyl (C=O) groups excluding carboxylic acids is 2. The summed E-state index contributed by atoms with van der Waals surface area (Å²) in [5, 5.41) is 0.782. The summed E-state index contributed by atoms with van der Waals surface area (Å²) in [4.78, 5) is 23.2. The van der Waals surface area contributed by atoms with Crippen molar-refractivity contribution in [2.24, 2.45) is 0 Å². The van der Waals surface area contributed by atoms with E-state index in [1.165, 1.54) is 0 Å². The lowest BCUT2D eigenvalue weighted by atomic mass is 10.3. The Labute approximate surface area is 148 Å². The Kier molecular flexibility index (Phi) is 6.72. The molecule has 0 aliphatic carbocycles. The van der Waals surface area contributed by atoms with Crippen molar-refractivity contribution in [3.8, 4) is 11.5 Å². The van der Waals surface area contributed by atoms with E-state index < -0.39 is 11.8 Å². The minimum atomic E-state index is -0.541. The van der Waals surface area contributed by atoms with Crippen LogP contribution in [0, 0.1) is 0 Å². The van der Waals surface area contributed by atoms with Gasteiger partial charge in [0.05, 0.1) is 10.0 Å². The molecule has 24 heavy (non-hydrogen) atoms. The predicted octanol–water partition coefficient (Wildman–Crippen LogP) is 2.60. The highest BCUT2D eigenvalue weighted by atomic mass is 35.5. The molecular formula is C16H14Cl2N2O4. The smallest absolute Gasteiger partial charge is 0.276 e. The molecule has 0 aliphatic heterocycles. The lowest BCUT2D eigenvalue weighted by Crippen LogP contribution is -2.45. The first-order valence-corrected chi connectivity index (χ1v) is 7.64. The van der Waals surface area contributed by atoms with E-state index in [0.717, 1.165) is 0 Å². The van der Waals surface area contributed by atoms with Crippen LogP contribution in [0.2, 0.25) is 10.0 Å². The van der Waals surface area contributed by atoms with Crippen LogP contribution in [0.5, 0.6) is 11.5 Å². The van der Waals surface area contributed by atoms with Gasteiger partial charge in [0.1, 0.15) is 11.5 Å². The van der Waals surface area contributed by atoms with Crippen LogP contribution in [-0.4, -0.2) is 25.0 Å². The topological polar surface area (TPSA) is 76.7 Å². The van der Waals surface area contributed by atoms with Crippen molar-refractivity contribution in [1.29, 1.82) is 0 Å². The molecule has 0 aromatic heterocycles. The molecule has 2 amide bonds. The summed E-state index contributed by atoms with van der Waals surface area (Å²) in [5.74, 6) is -0.326. The molecule has 0 bridgehead atoms. The third-order valence-electron chi connectivity index (χ3n) is 2.73. The Balaban J connectivity index is 1.69. The number of rotatable bonds is 6. The minimum absolute atomic E-state index is 0.296. The molecule has 0 aliphatic rings. The molecule has 0 saturated heterocycles. The van der Waals surface area contributed by atoms with Crippen LogP contribution in [0.25, 0.3) is 0 Å². The molecule has 0 spiro atoms. The van der Waals surface area contributed by atoms with Gasteiger partial charge in [-0.05, 0) is 24.3 Å². The maximum absolute atomic E-state index is 11.6. The second-order valence-corrected chi connectivity index (χ2v) is 5.35.